The molecule has 0 radical (unpaired) electrons. The number of hydrogen-bond donors (Lipinski definition) is 1. The summed E-state index contributed by atoms with van der Waals surface area (Å²) in [6.07, 6.45) is 3.70. The summed E-state index contributed by atoms with van der Waals surface area (Å²) >= 11 is 0. The highest BCUT2D eigenvalue weighted by molar-refractivity contribution is 5.86. The summed E-state index contributed by atoms with van der Waals surface area (Å²) in [6.45, 7) is 13.0. The normalized spacial score (nSPS) is 12.2. The van der Waals surface area contributed by atoms with E-state index in [4.69, 9.17) is 4.98 Å². The number of aromatic hydroxyl groups is 1. The van der Waals surface area contributed by atoms with E-state index in [1.54, 1.807) is 6.20 Å². The van der Waals surface area contributed by atoms with E-state index in [1.807, 2.05) is 48.1 Å². The molecule has 0 aliphatic carbocycles. The second-order valence-corrected chi connectivity index (χ2v) is 10.7. The monoisotopic (exact) mass is 439 g/mol. The summed E-state index contributed by atoms with van der Waals surface area (Å²) in [7, 11) is 1.97. The molecular formula is C29H33N3O. The lowest BCUT2D eigenvalue weighted by atomic mass is 9.77. The van der Waals surface area contributed by atoms with Gasteiger partial charge in [0.1, 0.15) is 11.4 Å². The van der Waals surface area contributed by atoms with Crippen LogP contribution in [0.25, 0.3) is 33.9 Å². The minimum absolute atomic E-state index is 0.0479. The average Bonchev–Trinajstić information content (AvgIpc) is 3.18. The average molecular weight is 440 g/mol. The summed E-state index contributed by atoms with van der Waals surface area (Å²) in [5.41, 5.74) is 6.37. The molecule has 2 aromatic heterocycles. The summed E-state index contributed by atoms with van der Waals surface area (Å²) in [6, 6.07) is 18.5. The number of phenolic OH excluding ortho intramolecular Hbond substituents is 1. The smallest absolute Gasteiger partial charge is 0.158 e. The van der Waals surface area contributed by atoms with Gasteiger partial charge < -0.3 is 9.67 Å². The van der Waals surface area contributed by atoms with Crippen LogP contribution in [-0.2, 0) is 17.9 Å². The molecule has 0 atom stereocenters. The van der Waals surface area contributed by atoms with Crippen molar-refractivity contribution in [3.8, 4) is 39.7 Å². The van der Waals surface area contributed by atoms with Crippen LogP contribution in [0, 0.1) is 0 Å². The third-order valence-electron chi connectivity index (χ3n) is 6.08. The van der Waals surface area contributed by atoms with Crippen molar-refractivity contribution in [2.45, 2.75) is 52.4 Å². The lowest BCUT2D eigenvalue weighted by molar-refractivity contribution is 0.446. The van der Waals surface area contributed by atoms with Gasteiger partial charge in [0.05, 0.1) is 5.69 Å². The molecule has 0 saturated carbocycles. The van der Waals surface area contributed by atoms with Crippen molar-refractivity contribution in [2.24, 2.45) is 7.05 Å². The fourth-order valence-electron chi connectivity index (χ4n) is 4.11. The largest absolute Gasteiger partial charge is 0.507 e. The van der Waals surface area contributed by atoms with Crippen molar-refractivity contribution in [1.29, 1.82) is 0 Å². The number of hydrogen-bond acceptors (Lipinski definition) is 3. The quantitative estimate of drug-likeness (QED) is 0.370. The number of rotatable bonds is 3. The first-order valence-electron chi connectivity index (χ1n) is 11.4. The Morgan fingerprint density at radius 2 is 1.42 bits per heavy atom. The first-order valence-corrected chi connectivity index (χ1v) is 11.4. The van der Waals surface area contributed by atoms with Crippen LogP contribution in [0.4, 0.5) is 0 Å². The minimum Gasteiger partial charge on any atom is -0.507 e. The van der Waals surface area contributed by atoms with Gasteiger partial charge in [-0.25, -0.2) is 9.97 Å². The lowest BCUT2D eigenvalue weighted by Crippen LogP contribution is -2.17. The Labute approximate surface area is 197 Å². The molecule has 33 heavy (non-hydrogen) atoms. The Kier molecular flexibility index (Phi) is 5.65. The second kappa shape index (κ2) is 8.18. The zero-order chi connectivity index (χ0) is 24.0. The van der Waals surface area contributed by atoms with Gasteiger partial charge >= 0.3 is 0 Å². The maximum absolute atomic E-state index is 11.4. The fourth-order valence-corrected chi connectivity index (χ4v) is 4.11. The number of aromatic nitrogens is 3. The molecule has 0 fully saturated rings. The zero-order valence-electron chi connectivity index (χ0n) is 20.6. The molecular weight excluding hydrogens is 406 g/mol. The van der Waals surface area contributed by atoms with Crippen molar-refractivity contribution < 1.29 is 5.11 Å². The molecule has 0 amide bonds. The minimum atomic E-state index is -0.189. The maximum Gasteiger partial charge on any atom is 0.158 e. The predicted molar refractivity (Wildman–Crippen MR) is 136 cm³/mol. The molecule has 4 aromatic rings. The van der Waals surface area contributed by atoms with E-state index in [2.05, 4.69) is 70.8 Å². The van der Waals surface area contributed by atoms with E-state index in [1.165, 1.54) is 5.56 Å². The summed E-state index contributed by atoms with van der Waals surface area (Å²) in [4.78, 5) is 9.39. The van der Waals surface area contributed by atoms with Crippen molar-refractivity contribution in [2.75, 3.05) is 0 Å². The van der Waals surface area contributed by atoms with Crippen LogP contribution in [-0.4, -0.2) is 19.6 Å². The Balaban J connectivity index is 1.95. The summed E-state index contributed by atoms with van der Waals surface area (Å²) < 4.78 is 1.96. The number of imidazole rings is 1. The van der Waals surface area contributed by atoms with Gasteiger partial charge in [-0.3, -0.25) is 0 Å². The van der Waals surface area contributed by atoms with Crippen LogP contribution in [0.3, 0.4) is 0 Å². The van der Waals surface area contributed by atoms with Crippen molar-refractivity contribution in [3.05, 3.63) is 78.1 Å². The van der Waals surface area contributed by atoms with Gasteiger partial charge in [0.25, 0.3) is 0 Å². The molecule has 0 aliphatic rings. The van der Waals surface area contributed by atoms with E-state index < -0.39 is 0 Å². The van der Waals surface area contributed by atoms with Gasteiger partial charge in [0, 0.05) is 36.1 Å². The van der Waals surface area contributed by atoms with E-state index in [0.29, 0.717) is 5.75 Å². The van der Waals surface area contributed by atoms with Crippen molar-refractivity contribution >= 4 is 0 Å². The van der Waals surface area contributed by atoms with Crippen LogP contribution in [0.2, 0.25) is 0 Å². The molecule has 0 unspecified atom stereocenters. The zero-order valence-corrected chi connectivity index (χ0v) is 20.6. The van der Waals surface area contributed by atoms with Gasteiger partial charge in [-0.05, 0) is 40.2 Å². The highest BCUT2D eigenvalue weighted by atomic mass is 16.3. The van der Waals surface area contributed by atoms with Crippen LogP contribution in [0.15, 0.2) is 67.0 Å². The first kappa shape index (κ1) is 22.8. The fraction of sp³-hybridized carbons (Fsp3) is 0.310. The number of pyridine rings is 1. The SMILES string of the molecule is Cn1ccnc1-c1cccc(-c2ccccc2-c2cc(C(C)(C)C)cc(C(C)(C)C)c2O)n1. The lowest BCUT2D eigenvalue weighted by Gasteiger charge is -2.28. The van der Waals surface area contributed by atoms with E-state index >= 15 is 0 Å². The molecule has 0 spiro atoms. The number of aryl methyl sites for hydroxylation is 1. The highest BCUT2D eigenvalue weighted by Gasteiger charge is 2.26. The highest BCUT2D eigenvalue weighted by Crippen LogP contribution is 2.44. The van der Waals surface area contributed by atoms with Crippen LogP contribution >= 0.6 is 0 Å². The first-order chi connectivity index (χ1) is 15.5. The molecule has 4 heteroatoms. The third-order valence-corrected chi connectivity index (χ3v) is 6.08. The van der Waals surface area contributed by atoms with E-state index in [-0.39, 0.29) is 10.8 Å². The summed E-state index contributed by atoms with van der Waals surface area (Å²) in [5, 5.41) is 11.4. The third kappa shape index (κ3) is 4.43. The number of benzene rings is 2. The van der Waals surface area contributed by atoms with Gasteiger partial charge in [0.15, 0.2) is 5.82 Å². The van der Waals surface area contributed by atoms with Gasteiger partial charge in [-0.2, -0.15) is 0 Å². The maximum atomic E-state index is 11.4. The Morgan fingerprint density at radius 1 is 0.758 bits per heavy atom. The molecule has 2 aromatic carbocycles. The Morgan fingerprint density at radius 3 is 2.03 bits per heavy atom. The van der Waals surface area contributed by atoms with Gasteiger partial charge in [0.2, 0.25) is 0 Å². The van der Waals surface area contributed by atoms with Crippen molar-refractivity contribution in [1.82, 2.24) is 14.5 Å². The Bertz CT molecular complexity index is 1300. The summed E-state index contributed by atoms with van der Waals surface area (Å²) in [5.74, 6) is 1.16. The van der Waals surface area contributed by atoms with Crippen LogP contribution < -0.4 is 0 Å². The Hall–Kier alpha value is -3.40. The van der Waals surface area contributed by atoms with Crippen LogP contribution in [0.5, 0.6) is 5.75 Å². The van der Waals surface area contributed by atoms with Crippen LogP contribution in [0.1, 0.15) is 52.7 Å². The molecule has 0 bridgehead atoms. The van der Waals surface area contributed by atoms with E-state index in [9.17, 15) is 5.11 Å². The number of nitrogens with zero attached hydrogens (tertiary/aromatic N) is 3. The molecule has 4 nitrogen and oxygen atoms in total. The van der Waals surface area contributed by atoms with E-state index in [0.717, 1.165) is 39.5 Å². The topological polar surface area (TPSA) is 50.9 Å². The standard InChI is InChI=1S/C29H33N3O/c1-28(2,3)19-17-22(26(33)23(18-19)29(4,5)6)20-11-8-9-12-21(20)24-13-10-14-25(31-24)27-30-15-16-32(27)7/h8-18,33H,1-7H3. The molecule has 0 aliphatic heterocycles. The molecule has 0 saturated heterocycles. The predicted octanol–water partition coefficient (Wildman–Crippen LogP) is 7.12. The second-order valence-electron chi connectivity index (χ2n) is 10.7. The number of phenols is 1. The van der Waals surface area contributed by atoms with Crippen molar-refractivity contribution in [3.63, 3.8) is 0 Å². The molecule has 4 rings (SSSR count). The van der Waals surface area contributed by atoms with Gasteiger partial charge in [-0.1, -0.05) is 77.9 Å². The van der Waals surface area contributed by atoms with Gasteiger partial charge in [-0.15, -0.1) is 0 Å². The molecule has 2 heterocycles. The molecule has 170 valence electrons. The molecule has 1 N–H and O–H groups in total.